The van der Waals surface area contributed by atoms with E-state index in [1.807, 2.05) is 42.5 Å². The zero-order valence-corrected chi connectivity index (χ0v) is 12.0. The molecule has 0 radical (unpaired) electrons. The van der Waals surface area contributed by atoms with Crippen molar-refractivity contribution >= 4 is 22.0 Å². The van der Waals surface area contributed by atoms with Crippen LogP contribution in [-0.4, -0.2) is 0 Å². The van der Waals surface area contributed by atoms with Crippen molar-refractivity contribution in [2.24, 2.45) is 0 Å². The van der Waals surface area contributed by atoms with Crippen LogP contribution in [0.3, 0.4) is 0 Å². The molecule has 0 saturated carbocycles. The molecular weight excluding hydrogens is 316 g/mol. The van der Waals surface area contributed by atoms with Gasteiger partial charge in [0, 0.05) is 0 Å². The van der Waals surface area contributed by atoms with Gasteiger partial charge in [0.05, 0.1) is 4.47 Å². The van der Waals surface area contributed by atoms with E-state index in [0.29, 0.717) is 5.75 Å². The highest BCUT2D eigenvalue weighted by Crippen LogP contribution is 2.30. The number of benzene rings is 2. The SMILES string of the molecule is N#CC(C#N)=Cc1ccc(Oc2ccccc2)c(Br)c1. The van der Waals surface area contributed by atoms with Gasteiger partial charge in [0.2, 0.25) is 0 Å². The van der Waals surface area contributed by atoms with Gasteiger partial charge in [-0.05, 0) is 51.8 Å². The van der Waals surface area contributed by atoms with Crippen LogP contribution in [0.5, 0.6) is 11.5 Å². The molecule has 0 amide bonds. The predicted octanol–water partition coefficient (Wildman–Crippen LogP) is 4.67. The maximum Gasteiger partial charge on any atom is 0.141 e. The fraction of sp³-hybridized carbons (Fsp3) is 0. The van der Waals surface area contributed by atoms with Crippen LogP contribution in [0.25, 0.3) is 6.08 Å². The van der Waals surface area contributed by atoms with E-state index in [1.165, 1.54) is 6.08 Å². The summed E-state index contributed by atoms with van der Waals surface area (Å²) in [7, 11) is 0. The van der Waals surface area contributed by atoms with Crippen LogP contribution in [0, 0.1) is 22.7 Å². The smallest absolute Gasteiger partial charge is 0.141 e. The second kappa shape index (κ2) is 6.56. The first kappa shape index (κ1) is 13.9. The van der Waals surface area contributed by atoms with Gasteiger partial charge in [0.15, 0.2) is 0 Å². The lowest BCUT2D eigenvalue weighted by Crippen LogP contribution is -1.86. The Morgan fingerprint density at radius 2 is 1.75 bits per heavy atom. The minimum atomic E-state index is 0.0635. The number of para-hydroxylation sites is 1. The Balaban J connectivity index is 2.26. The quantitative estimate of drug-likeness (QED) is 0.770. The van der Waals surface area contributed by atoms with Crippen LogP contribution in [0.4, 0.5) is 0 Å². The Labute approximate surface area is 125 Å². The Kier molecular flexibility index (Phi) is 4.55. The number of nitrogens with zero attached hydrogens (tertiary/aromatic N) is 2. The van der Waals surface area contributed by atoms with E-state index in [9.17, 15) is 0 Å². The first-order chi connectivity index (χ1) is 9.72. The first-order valence-corrected chi connectivity index (χ1v) is 6.56. The van der Waals surface area contributed by atoms with E-state index in [-0.39, 0.29) is 5.57 Å². The fourth-order valence-corrected chi connectivity index (χ4v) is 2.04. The summed E-state index contributed by atoms with van der Waals surface area (Å²) in [5.41, 5.74) is 0.823. The van der Waals surface area contributed by atoms with Gasteiger partial charge in [-0.2, -0.15) is 10.5 Å². The number of allylic oxidation sites excluding steroid dienone is 1. The van der Waals surface area contributed by atoms with Crippen LogP contribution in [-0.2, 0) is 0 Å². The van der Waals surface area contributed by atoms with Crippen molar-refractivity contribution in [2.45, 2.75) is 0 Å². The van der Waals surface area contributed by atoms with Gasteiger partial charge in [0.1, 0.15) is 29.2 Å². The van der Waals surface area contributed by atoms with Crippen LogP contribution < -0.4 is 4.74 Å². The average molecular weight is 325 g/mol. The second-order valence-corrected chi connectivity index (χ2v) is 4.74. The Hall–Kier alpha value is -2.56. The lowest BCUT2D eigenvalue weighted by Gasteiger charge is -2.08. The molecule has 4 heteroatoms. The van der Waals surface area contributed by atoms with Crippen molar-refractivity contribution in [3.05, 3.63) is 64.1 Å². The maximum absolute atomic E-state index is 8.73. The molecule has 0 bridgehead atoms. The Morgan fingerprint density at radius 3 is 2.35 bits per heavy atom. The molecule has 0 aliphatic rings. The summed E-state index contributed by atoms with van der Waals surface area (Å²) < 4.78 is 6.48. The van der Waals surface area contributed by atoms with Crippen molar-refractivity contribution < 1.29 is 4.74 Å². The van der Waals surface area contributed by atoms with Gasteiger partial charge in [-0.25, -0.2) is 0 Å². The van der Waals surface area contributed by atoms with Gasteiger partial charge in [0.25, 0.3) is 0 Å². The molecule has 0 atom stereocenters. The molecule has 0 N–H and O–H groups in total. The first-order valence-electron chi connectivity index (χ1n) is 5.77. The molecule has 0 aromatic heterocycles. The third-order valence-corrected chi connectivity index (χ3v) is 3.10. The average Bonchev–Trinajstić information content (AvgIpc) is 2.48. The van der Waals surface area contributed by atoms with E-state index in [1.54, 1.807) is 18.2 Å². The lowest BCUT2D eigenvalue weighted by atomic mass is 10.1. The summed E-state index contributed by atoms with van der Waals surface area (Å²) in [5.74, 6) is 1.41. The summed E-state index contributed by atoms with van der Waals surface area (Å²) >= 11 is 3.42. The molecule has 0 aliphatic heterocycles. The van der Waals surface area contributed by atoms with Crippen molar-refractivity contribution in [2.75, 3.05) is 0 Å². The highest BCUT2D eigenvalue weighted by Gasteiger charge is 2.04. The summed E-state index contributed by atoms with van der Waals surface area (Å²) in [6.07, 6.45) is 1.52. The largest absolute Gasteiger partial charge is 0.456 e. The van der Waals surface area contributed by atoms with Gasteiger partial charge in [-0.15, -0.1) is 0 Å². The molecule has 3 nitrogen and oxygen atoms in total. The van der Waals surface area contributed by atoms with E-state index < -0.39 is 0 Å². The van der Waals surface area contributed by atoms with Crippen LogP contribution in [0.1, 0.15) is 5.56 Å². The van der Waals surface area contributed by atoms with Crippen LogP contribution in [0.2, 0.25) is 0 Å². The van der Waals surface area contributed by atoms with Crippen LogP contribution >= 0.6 is 15.9 Å². The fourth-order valence-electron chi connectivity index (χ4n) is 1.56. The van der Waals surface area contributed by atoms with E-state index in [4.69, 9.17) is 15.3 Å². The zero-order chi connectivity index (χ0) is 14.4. The monoisotopic (exact) mass is 324 g/mol. The van der Waals surface area contributed by atoms with Crippen molar-refractivity contribution in [1.82, 2.24) is 0 Å². The molecule has 20 heavy (non-hydrogen) atoms. The Morgan fingerprint density at radius 1 is 1.05 bits per heavy atom. The minimum absolute atomic E-state index is 0.0635. The lowest BCUT2D eigenvalue weighted by molar-refractivity contribution is 0.479. The van der Waals surface area contributed by atoms with E-state index in [2.05, 4.69) is 15.9 Å². The number of hydrogen-bond donors (Lipinski definition) is 0. The standard InChI is InChI=1S/C16H9BrN2O/c17-15-9-12(8-13(10-18)11-19)6-7-16(15)20-14-4-2-1-3-5-14/h1-9H. The summed E-state index contributed by atoms with van der Waals surface area (Å²) in [4.78, 5) is 0. The molecule has 96 valence electrons. The number of nitriles is 2. The number of rotatable bonds is 3. The Bertz CT molecular complexity index is 708. The molecular formula is C16H9BrN2O. The van der Waals surface area contributed by atoms with Crippen molar-refractivity contribution in [1.29, 1.82) is 10.5 Å². The summed E-state index contributed by atoms with van der Waals surface area (Å²) in [6, 6.07) is 18.5. The van der Waals surface area contributed by atoms with E-state index in [0.717, 1.165) is 15.8 Å². The molecule has 2 aromatic carbocycles. The number of halogens is 1. The topological polar surface area (TPSA) is 56.8 Å². The third-order valence-electron chi connectivity index (χ3n) is 2.48. The summed E-state index contributed by atoms with van der Waals surface area (Å²) in [5, 5.41) is 17.5. The highest BCUT2D eigenvalue weighted by atomic mass is 79.9. The number of ether oxygens (including phenoxy) is 1. The number of hydrogen-bond acceptors (Lipinski definition) is 3. The van der Waals surface area contributed by atoms with E-state index >= 15 is 0 Å². The maximum atomic E-state index is 8.73. The normalized spacial score (nSPS) is 9.15. The van der Waals surface area contributed by atoms with Gasteiger partial charge < -0.3 is 4.74 Å². The molecule has 0 fully saturated rings. The predicted molar refractivity (Wildman–Crippen MR) is 79.9 cm³/mol. The molecule has 0 aliphatic carbocycles. The molecule has 0 heterocycles. The van der Waals surface area contributed by atoms with Gasteiger partial charge in [-0.3, -0.25) is 0 Å². The van der Waals surface area contributed by atoms with Gasteiger partial charge in [-0.1, -0.05) is 24.3 Å². The molecule has 0 spiro atoms. The molecule has 0 unspecified atom stereocenters. The molecule has 2 aromatic rings. The minimum Gasteiger partial charge on any atom is -0.456 e. The highest BCUT2D eigenvalue weighted by molar-refractivity contribution is 9.10. The molecule has 0 saturated heterocycles. The van der Waals surface area contributed by atoms with Crippen molar-refractivity contribution in [3.63, 3.8) is 0 Å². The zero-order valence-electron chi connectivity index (χ0n) is 10.4. The van der Waals surface area contributed by atoms with Gasteiger partial charge >= 0.3 is 0 Å². The third kappa shape index (κ3) is 3.47. The molecule has 2 rings (SSSR count). The van der Waals surface area contributed by atoms with Crippen LogP contribution in [0.15, 0.2) is 58.6 Å². The second-order valence-electron chi connectivity index (χ2n) is 3.89. The summed E-state index contributed by atoms with van der Waals surface area (Å²) in [6.45, 7) is 0. The van der Waals surface area contributed by atoms with Crippen molar-refractivity contribution in [3.8, 4) is 23.6 Å².